The van der Waals surface area contributed by atoms with E-state index in [1.165, 1.54) is 0 Å². The molecule has 0 aliphatic rings. The molecule has 0 aromatic heterocycles. The predicted octanol–water partition coefficient (Wildman–Crippen LogP) is 0.593. The maximum Gasteiger partial charge on any atom is 0.343 e. The van der Waals surface area contributed by atoms with Gasteiger partial charge >= 0.3 is 6.03 Å². The Bertz CT molecular complexity index is 49.5. The maximum atomic E-state index is 9.69. The Labute approximate surface area is 44.8 Å². The highest BCUT2D eigenvalue weighted by Crippen LogP contribution is 1.66. The molecule has 0 bridgehead atoms. The van der Waals surface area contributed by atoms with Crippen molar-refractivity contribution in [3.8, 4) is 0 Å². The predicted molar refractivity (Wildman–Crippen MR) is 23.4 cm³/mol. The number of carbonyl (C=O) groups is 1. The number of carbonyl (C=O) groups excluding carboxylic acids is 1. The van der Waals surface area contributed by atoms with E-state index in [0.29, 0.717) is 0 Å². The molecule has 2 amide bonds. The Morgan fingerprint density at radius 3 is 1.67 bits per heavy atom. The summed E-state index contributed by atoms with van der Waals surface area (Å²) in [6, 6.07) is -0.627. The summed E-state index contributed by atoms with van der Waals surface area (Å²) < 4.78 is 0. The normalized spacial score (nSPS) is 7.00. The van der Waals surface area contributed by atoms with Crippen LogP contribution in [0.5, 0.6) is 0 Å². The molecule has 6 heavy (non-hydrogen) atoms. The molecular weight excluding hydrogens is 127 g/mol. The van der Waals surface area contributed by atoms with Gasteiger partial charge in [-0.05, 0) is 0 Å². The molecule has 0 atom stereocenters. The van der Waals surface area contributed by atoms with Crippen LogP contribution in [0.1, 0.15) is 0 Å². The van der Waals surface area contributed by atoms with Gasteiger partial charge in [0, 0.05) is 23.6 Å². The quantitative estimate of drug-likeness (QED) is 0.461. The Morgan fingerprint density at radius 1 is 1.33 bits per heavy atom. The SMILES string of the molecule is O=C(NCl)NCl. The van der Waals surface area contributed by atoms with Crippen LogP contribution in [-0.2, 0) is 0 Å². The van der Waals surface area contributed by atoms with Gasteiger partial charge in [-0.1, -0.05) is 0 Å². The lowest BCUT2D eigenvalue weighted by molar-refractivity contribution is 0.251. The van der Waals surface area contributed by atoms with Crippen molar-refractivity contribution in [3.63, 3.8) is 0 Å². The molecule has 0 aliphatic heterocycles. The van der Waals surface area contributed by atoms with Gasteiger partial charge in [0.05, 0.1) is 0 Å². The molecule has 0 rings (SSSR count). The van der Waals surface area contributed by atoms with Crippen LogP contribution in [0.3, 0.4) is 0 Å². The van der Waals surface area contributed by atoms with Gasteiger partial charge in [-0.3, -0.25) is 0 Å². The van der Waals surface area contributed by atoms with Crippen molar-refractivity contribution >= 4 is 29.6 Å². The van der Waals surface area contributed by atoms with Crippen LogP contribution in [0.15, 0.2) is 0 Å². The summed E-state index contributed by atoms with van der Waals surface area (Å²) in [6.07, 6.45) is 0. The van der Waals surface area contributed by atoms with Gasteiger partial charge in [0.2, 0.25) is 0 Å². The molecule has 0 fully saturated rings. The largest absolute Gasteiger partial charge is 0.343 e. The number of urea groups is 1. The molecule has 0 aliphatic carbocycles. The van der Waals surface area contributed by atoms with Crippen molar-refractivity contribution in [1.82, 2.24) is 9.67 Å². The highest BCUT2D eigenvalue weighted by atomic mass is 35.5. The lowest BCUT2D eigenvalue weighted by Crippen LogP contribution is -2.20. The summed E-state index contributed by atoms with van der Waals surface area (Å²) in [6.45, 7) is 0. The highest BCUT2D eigenvalue weighted by molar-refractivity contribution is 6.27. The van der Waals surface area contributed by atoms with E-state index in [0.717, 1.165) is 0 Å². The van der Waals surface area contributed by atoms with Crippen LogP contribution in [0.4, 0.5) is 4.79 Å². The van der Waals surface area contributed by atoms with Gasteiger partial charge < -0.3 is 0 Å². The zero-order valence-electron chi connectivity index (χ0n) is 2.66. The fourth-order valence-corrected chi connectivity index (χ4v) is 0.161. The van der Waals surface area contributed by atoms with E-state index in [9.17, 15) is 4.79 Å². The van der Waals surface area contributed by atoms with Gasteiger partial charge in [0.25, 0.3) is 0 Å². The van der Waals surface area contributed by atoms with Crippen LogP contribution < -0.4 is 9.67 Å². The average Bonchev–Trinajstić information content (AvgIpc) is 1.65. The van der Waals surface area contributed by atoms with Crippen molar-refractivity contribution in [2.45, 2.75) is 0 Å². The average molecular weight is 129 g/mol. The third-order valence-corrected chi connectivity index (χ3v) is 0.515. The molecule has 0 saturated carbocycles. The fraction of sp³-hybridized carbons (Fsp3) is 0. The lowest BCUT2D eigenvalue weighted by atomic mass is 11.2. The highest BCUT2D eigenvalue weighted by Gasteiger charge is 1.86. The first-order chi connectivity index (χ1) is 2.81. The van der Waals surface area contributed by atoms with Crippen molar-refractivity contribution in [3.05, 3.63) is 0 Å². The topological polar surface area (TPSA) is 41.1 Å². The first-order valence-electron chi connectivity index (χ1n) is 1.08. The van der Waals surface area contributed by atoms with Gasteiger partial charge in [-0.15, -0.1) is 0 Å². The number of halogens is 2. The smallest absolute Gasteiger partial charge is 0.249 e. The van der Waals surface area contributed by atoms with E-state index in [1.807, 2.05) is 0 Å². The van der Waals surface area contributed by atoms with Crippen LogP contribution in [0.25, 0.3) is 0 Å². The first-order valence-corrected chi connectivity index (χ1v) is 1.84. The van der Waals surface area contributed by atoms with E-state index < -0.39 is 6.03 Å². The molecule has 2 N–H and O–H groups in total. The van der Waals surface area contributed by atoms with Crippen LogP contribution in [0, 0.1) is 0 Å². The zero-order chi connectivity index (χ0) is 4.99. The van der Waals surface area contributed by atoms with E-state index >= 15 is 0 Å². The molecule has 3 nitrogen and oxygen atoms in total. The summed E-state index contributed by atoms with van der Waals surface area (Å²) in [5.74, 6) is 0. The minimum absolute atomic E-state index is 0.627. The van der Waals surface area contributed by atoms with E-state index in [-0.39, 0.29) is 0 Å². The van der Waals surface area contributed by atoms with Gasteiger partial charge in [-0.25, -0.2) is 14.5 Å². The van der Waals surface area contributed by atoms with Crippen LogP contribution >= 0.6 is 23.6 Å². The number of hydrogen-bond acceptors (Lipinski definition) is 1. The molecule has 0 aromatic carbocycles. The molecule has 0 aromatic rings. The molecule has 0 spiro atoms. The summed E-state index contributed by atoms with van der Waals surface area (Å²) in [5.41, 5.74) is 0. The summed E-state index contributed by atoms with van der Waals surface area (Å²) in [4.78, 5) is 13.1. The standard InChI is InChI=1S/CH2Cl2N2O/c2-4-1(6)5-3/h(H2,4,5,6). The second kappa shape index (κ2) is 3.06. The van der Waals surface area contributed by atoms with E-state index in [1.54, 1.807) is 9.67 Å². The second-order valence-corrected chi connectivity index (χ2v) is 0.896. The Balaban J connectivity index is 2.99. The third kappa shape index (κ3) is 2.11. The molecule has 0 radical (unpaired) electrons. The minimum Gasteiger partial charge on any atom is -0.249 e. The number of hydrogen-bond donors (Lipinski definition) is 2. The van der Waals surface area contributed by atoms with Crippen molar-refractivity contribution in [1.29, 1.82) is 0 Å². The number of amides is 2. The zero-order valence-corrected chi connectivity index (χ0v) is 4.18. The monoisotopic (exact) mass is 128 g/mol. The molecule has 36 valence electrons. The molecular formula is CH2Cl2N2O. The lowest BCUT2D eigenvalue weighted by Gasteiger charge is -1.85. The van der Waals surface area contributed by atoms with Gasteiger partial charge in [-0.2, -0.15) is 0 Å². The first kappa shape index (κ1) is 5.85. The van der Waals surface area contributed by atoms with Crippen LogP contribution in [-0.4, -0.2) is 6.03 Å². The number of rotatable bonds is 0. The second-order valence-electron chi connectivity index (χ2n) is 0.518. The minimum atomic E-state index is -0.627. The molecule has 0 unspecified atom stereocenters. The van der Waals surface area contributed by atoms with Crippen molar-refractivity contribution < 1.29 is 4.79 Å². The van der Waals surface area contributed by atoms with E-state index in [4.69, 9.17) is 23.6 Å². The Kier molecular flexibility index (Phi) is 2.98. The molecule has 5 heteroatoms. The third-order valence-electron chi connectivity index (χ3n) is 0.172. The van der Waals surface area contributed by atoms with Gasteiger partial charge in [0.1, 0.15) is 0 Å². The fourth-order valence-electron chi connectivity index (χ4n) is 0.0179. The Hall–Kier alpha value is -0.150. The number of nitrogens with one attached hydrogen (secondary N) is 2. The molecule has 0 saturated heterocycles. The van der Waals surface area contributed by atoms with Crippen LogP contribution in [0.2, 0.25) is 0 Å². The summed E-state index contributed by atoms with van der Waals surface area (Å²) in [7, 11) is 0. The van der Waals surface area contributed by atoms with Gasteiger partial charge in [0.15, 0.2) is 0 Å². The molecule has 0 heterocycles. The summed E-state index contributed by atoms with van der Waals surface area (Å²) in [5, 5.41) is 0. The van der Waals surface area contributed by atoms with Crippen molar-refractivity contribution in [2.75, 3.05) is 0 Å². The Morgan fingerprint density at radius 2 is 1.67 bits per heavy atom. The van der Waals surface area contributed by atoms with E-state index in [2.05, 4.69) is 0 Å². The summed E-state index contributed by atoms with van der Waals surface area (Å²) >= 11 is 9.41. The van der Waals surface area contributed by atoms with Crippen molar-refractivity contribution in [2.24, 2.45) is 0 Å². The maximum absolute atomic E-state index is 9.69.